The Labute approximate surface area is 91.0 Å². The van der Waals surface area contributed by atoms with E-state index in [-0.39, 0.29) is 0 Å². The van der Waals surface area contributed by atoms with Crippen LogP contribution in [0.15, 0.2) is 0 Å². The third-order valence-electron chi connectivity index (χ3n) is 2.07. The highest BCUT2D eigenvalue weighted by molar-refractivity contribution is 7.46. The van der Waals surface area contributed by atoms with Crippen molar-refractivity contribution in [3.8, 4) is 0 Å². The second-order valence-electron chi connectivity index (χ2n) is 3.22. The summed E-state index contributed by atoms with van der Waals surface area (Å²) in [6.45, 7) is -0.631. The maximum absolute atomic E-state index is 13.4. The summed E-state index contributed by atoms with van der Waals surface area (Å²) in [6, 6.07) is -1.08. The summed E-state index contributed by atoms with van der Waals surface area (Å²) in [6.07, 6.45) is -2.89. The number of aliphatic hydroxyl groups excluding tert-OH is 1. The van der Waals surface area contributed by atoms with Crippen LogP contribution in [0.25, 0.3) is 0 Å². The molecular formula is C5H10BClFO6P. The maximum Gasteiger partial charge on any atom is 0.469 e. The van der Waals surface area contributed by atoms with Crippen molar-refractivity contribution in [3.05, 3.63) is 0 Å². The minimum atomic E-state index is -4.66. The van der Waals surface area contributed by atoms with Gasteiger partial charge in [0.25, 0.3) is 0 Å². The van der Waals surface area contributed by atoms with Gasteiger partial charge in [-0.2, -0.15) is 0 Å². The first kappa shape index (κ1) is 13.4. The first-order chi connectivity index (χ1) is 6.64. The summed E-state index contributed by atoms with van der Waals surface area (Å²) in [4.78, 5) is 16.8. The quantitative estimate of drug-likeness (QED) is 0.333. The molecule has 1 saturated heterocycles. The number of hydrogen-bond acceptors (Lipinski definition) is 4. The van der Waals surface area contributed by atoms with E-state index in [1.807, 2.05) is 0 Å². The van der Waals surface area contributed by atoms with Crippen molar-refractivity contribution in [2.45, 2.75) is 23.3 Å². The highest BCUT2D eigenvalue weighted by Gasteiger charge is 2.54. The van der Waals surface area contributed by atoms with Gasteiger partial charge in [0.1, 0.15) is 20.1 Å². The van der Waals surface area contributed by atoms with Crippen molar-refractivity contribution >= 4 is 27.3 Å². The lowest BCUT2D eigenvalue weighted by Crippen LogP contribution is -2.39. The van der Waals surface area contributed by atoms with Crippen LogP contribution in [-0.4, -0.2) is 52.7 Å². The lowest BCUT2D eigenvalue weighted by Gasteiger charge is -2.18. The van der Waals surface area contributed by atoms with Crippen LogP contribution in [0.3, 0.4) is 0 Å². The van der Waals surface area contributed by atoms with Crippen LogP contribution in [0.5, 0.6) is 0 Å². The van der Waals surface area contributed by atoms with Crippen LogP contribution in [0, 0.1) is 0 Å². The molecule has 1 heterocycles. The maximum atomic E-state index is 13.4. The summed E-state index contributed by atoms with van der Waals surface area (Å²) in [5.74, 6) is 0. The number of phosphoric acid groups is 1. The normalized spacial score (nSPS) is 42.1. The van der Waals surface area contributed by atoms with Gasteiger partial charge in [0, 0.05) is 0 Å². The van der Waals surface area contributed by atoms with E-state index in [4.69, 9.17) is 26.1 Å². The first-order valence-corrected chi connectivity index (χ1v) is 5.97. The third kappa shape index (κ3) is 3.14. The molecule has 10 heteroatoms. The summed E-state index contributed by atoms with van der Waals surface area (Å²) < 4.78 is 32.7. The number of hydrogen-bond donors (Lipinski definition) is 3. The Bertz CT molecular complexity index is 285. The Balaban J connectivity index is 2.57. The molecule has 0 aromatic heterocycles. The first-order valence-electron chi connectivity index (χ1n) is 4.06. The monoisotopic (exact) mass is 262 g/mol. The number of alkyl halides is 2. The molecular weight excluding hydrogens is 252 g/mol. The minimum Gasteiger partial charge on any atom is -0.386 e. The summed E-state index contributed by atoms with van der Waals surface area (Å²) in [5.41, 5.74) is 0. The van der Waals surface area contributed by atoms with Crippen molar-refractivity contribution in [2.24, 2.45) is 0 Å². The molecule has 1 rings (SSSR count). The fraction of sp³-hybridized carbons (Fsp3) is 1.00. The van der Waals surface area contributed by atoms with Gasteiger partial charge in [-0.25, -0.2) is 8.96 Å². The average molecular weight is 262 g/mol. The smallest absolute Gasteiger partial charge is 0.386 e. The van der Waals surface area contributed by atoms with Crippen molar-refractivity contribution in [3.63, 3.8) is 0 Å². The molecule has 88 valence electrons. The van der Waals surface area contributed by atoms with Crippen molar-refractivity contribution < 1.29 is 33.1 Å². The van der Waals surface area contributed by atoms with E-state index in [1.54, 1.807) is 0 Å². The highest BCUT2D eigenvalue weighted by Crippen LogP contribution is 2.40. The van der Waals surface area contributed by atoms with Crippen LogP contribution in [0.1, 0.15) is 0 Å². The fourth-order valence-corrected chi connectivity index (χ4v) is 1.75. The van der Waals surface area contributed by atoms with E-state index in [9.17, 15) is 14.1 Å². The Morgan fingerprint density at radius 1 is 1.67 bits per heavy atom. The summed E-state index contributed by atoms with van der Waals surface area (Å²) in [5, 5.41) is 6.85. The van der Waals surface area contributed by atoms with Gasteiger partial charge >= 0.3 is 7.82 Å². The van der Waals surface area contributed by atoms with Gasteiger partial charge < -0.3 is 19.6 Å². The molecule has 0 unspecified atom stereocenters. The van der Waals surface area contributed by atoms with E-state index >= 15 is 0 Å². The fourth-order valence-electron chi connectivity index (χ4n) is 1.22. The third-order valence-corrected chi connectivity index (χ3v) is 3.09. The van der Waals surface area contributed by atoms with Crippen LogP contribution >= 0.6 is 19.4 Å². The number of rotatable bonds is 3. The zero-order chi connectivity index (χ0) is 11.9. The molecule has 0 aliphatic carbocycles. The van der Waals surface area contributed by atoms with Crippen LogP contribution in [0.4, 0.5) is 4.39 Å². The van der Waals surface area contributed by atoms with E-state index in [0.29, 0.717) is 0 Å². The Hall–Kier alpha value is 0.315. The highest BCUT2D eigenvalue weighted by atomic mass is 35.5. The van der Waals surface area contributed by atoms with Crippen LogP contribution in [-0.2, 0) is 13.8 Å². The molecule has 0 radical (unpaired) electrons. The van der Waals surface area contributed by atoms with Gasteiger partial charge in [0.2, 0.25) is 5.13 Å². The van der Waals surface area contributed by atoms with Crippen LogP contribution in [0.2, 0.25) is 0 Å². The standard InChI is InChI=1S/C5H10BClFO6P/c6-4-5(7,8)3(9)2(14-4)1-13-15(10,11)12/h2-4,9H,1,6H2,(H2,10,11,12)/t2-,3-,4-,5-/m1/s1. The molecule has 0 spiro atoms. The zero-order valence-electron chi connectivity index (χ0n) is 7.71. The van der Waals surface area contributed by atoms with E-state index in [0.717, 1.165) is 0 Å². The van der Waals surface area contributed by atoms with Crippen molar-refractivity contribution in [1.29, 1.82) is 0 Å². The van der Waals surface area contributed by atoms with Gasteiger partial charge in [0.05, 0.1) is 12.6 Å². The second kappa shape index (κ2) is 4.29. The predicted molar refractivity (Wildman–Crippen MR) is 50.9 cm³/mol. The molecule has 0 bridgehead atoms. The molecule has 0 aromatic rings. The van der Waals surface area contributed by atoms with Gasteiger partial charge in [-0.15, -0.1) is 0 Å². The topological polar surface area (TPSA) is 96.2 Å². The molecule has 1 aliphatic heterocycles. The predicted octanol–water partition coefficient (Wildman–Crippen LogP) is -1.28. The van der Waals surface area contributed by atoms with Gasteiger partial charge in [-0.05, 0) is 0 Å². The summed E-state index contributed by atoms with van der Waals surface area (Å²) in [7, 11) is -3.36. The molecule has 0 aromatic carbocycles. The zero-order valence-corrected chi connectivity index (χ0v) is 9.36. The lowest BCUT2D eigenvalue weighted by molar-refractivity contribution is -0.00690. The number of phosphoric ester groups is 1. The number of aliphatic hydroxyl groups is 1. The van der Waals surface area contributed by atoms with E-state index < -0.39 is 37.8 Å². The lowest BCUT2D eigenvalue weighted by atomic mass is 9.93. The van der Waals surface area contributed by atoms with E-state index in [2.05, 4.69) is 4.52 Å². The largest absolute Gasteiger partial charge is 0.469 e. The Kier molecular flexibility index (Phi) is 3.83. The molecule has 0 saturated carbocycles. The second-order valence-corrected chi connectivity index (χ2v) is 5.04. The Morgan fingerprint density at radius 2 is 2.20 bits per heavy atom. The number of ether oxygens (including phenoxy) is 1. The van der Waals surface area contributed by atoms with E-state index in [1.165, 1.54) is 7.85 Å². The molecule has 4 atom stereocenters. The molecule has 15 heavy (non-hydrogen) atoms. The molecule has 3 N–H and O–H groups in total. The molecule has 1 fully saturated rings. The van der Waals surface area contributed by atoms with Gasteiger partial charge in [-0.3, -0.25) is 4.52 Å². The van der Waals surface area contributed by atoms with Crippen LogP contribution < -0.4 is 0 Å². The van der Waals surface area contributed by atoms with Gasteiger partial charge in [0.15, 0.2) is 0 Å². The minimum absolute atomic E-state index is 0.631. The van der Waals surface area contributed by atoms with Gasteiger partial charge in [-0.1, -0.05) is 11.6 Å². The SMILES string of the molecule is B[C@@H]1O[C@H](COP(=O)(O)O)[C@@H](O)[C@]1(F)Cl. The van der Waals surface area contributed by atoms with Crippen molar-refractivity contribution in [2.75, 3.05) is 6.61 Å². The summed E-state index contributed by atoms with van der Waals surface area (Å²) >= 11 is 5.32. The molecule has 1 aliphatic rings. The molecule has 0 amide bonds. The average Bonchev–Trinajstić information content (AvgIpc) is 2.25. The van der Waals surface area contributed by atoms with Crippen molar-refractivity contribution in [1.82, 2.24) is 0 Å². The number of halogens is 2. The molecule has 6 nitrogen and oxygen atoms in total. The Morgan fingerprint density at radius 3 is 2.53 bits per heavy atom.